The molecule has 3 fully saturated rings. The number of fused-ring (bicyclic) bond motifs is 1. The molecule has 168 valence electrons. The first-order valence-corrected chi connectivity index (χ1v) is 11.9. The highest BCUT2D eigenvalue weighted by Crippen LogP contribution is 2.53. The van der Waals surface area contributed by atoms with Gasteiger partial charge in [0.1, 0.15) is 5.75 Å². The molecule has 1 aromatic carbocycles. The summed E-state index contributed by atoms with van der Waals surface area (Å²) in [5.41, 5.74) is -3.73. The van der Waals surface area contributed by atoms with Gasteiger partial charge in [0.05, 0.1) is 19.3 Å². The Hall–Kier alpha value is -1.32. The van der Waals surface area contributed by atoms with E-state index < -0.39 is 15.6 Å². The van der Waals surface area contributed by atoms with E-state index in [4.69, 9.17) is 4.74 Å². The Bertz CT molecular complexity index is 900. The molecule has 3 unspecified atom stereocenters. The molecular formula is C21H28F3NO4S. The maximum Gasteiger partial charge on any atom is 0.534 e. The van der Waals surface area contributed by atoms with Gasteiger partial charge in [-0.25, -0.2) is 0 Å². The van der Waals surface area contributed by atoms with Crippen molar-refractivity contribution in [2.45, 2.75) is 69.0 Å². The van der Waals surface area contributed by atoms with Crippen LogP contribution >= 0.6 is 0 Å². The summed E-state index contributed by atoms with van der Waals surface area (Å²) in [6.07, 6.45) is 5.09. The molecule has 1 saturated carbocycles. The molecule has 0 N–H and O–H groups in total. The van der Waals surface area contributed by atoms with Crippen molar-refractivity contribution in [1.29, 1.82) is 0 Å². The van der Waals surface area contributed by atoms with E-state index >= 15 is 0 Å². The Morgan fingerprint density at radius 2 is 1.93 bits per heavy atom. The van der Waals surface area contributed by atoms with Gasteiger partial charge >= 0.3 is 15.6 Å². The molecule has 2 heterocycles. The largest absolute Gasteiger partial charge is 0.534 e. The SMILES string of the molecule is Cc1ccc(OS(=O)(=O)C(F)(F)F)cc1C12CCCCC1C(C)N(C1COC1)CC2. The number of likely N-dealkylation sites (tertiary alicyclic amines) is 1. The van der Waals surface area contributed by atoms with Crippen LogP contribution in [0.2, 0.25) is 0 Å². The first kappa shape index (κ1) is 21.9. The summed E-state index contributed by atoms with van der Waals surface area (Å²) in [5, 5.41) is 0. The van der Waals surface area contributed by atoms with E-state index in [-0.39, 0.29) is 11.2 Å². The molecule has 3 aliphatic rings. The highest BCUT2D eigenvalue weighted by atomic mass is 32.2. The fraction of sp³-hybridized carbons (Fsp3) is 0.714. The third-order valence-corrected chi connectivity index (χ3v) is 8.32. The van der Waals surface area contributed by atoms with Crippen LogP contribution in [0.4, 0.5) is 13.2 Å². The Morgan fingerprint density at radius 3 is 2.57 bits per heavy atom. The first-order chi connectivity index (χ1) is 14.1. The van der Waals surface area contributed by atoms with Gasteiger partial charge in [-0.1, -0.05) is 18.9 Å². The van der Waals surface area contributed by atoms with Crippen molar-refractivity contribution in [3.8, 4) is 5.75 Å². The van der Waals surface area contributed by atoms with E-state index in [1.165, 1.54) is 12.1 Å². The molecule has 0 amide bonds. The van der Waals surface area contributed by atoms with Gasteiger partial charge in [-0.2, -0.15) is 21.6 Å². The summed E-state index contributed by atoms with van der Waals surface area (Å²) < 4.78 is 71.3. The molecule has 2 aliphatic heterocycles. The minimum atomic E-state index is -5.69. The van der Waals surface area contributed by atoms with Crippen molar-refractivity contribution in [1.82, 2.24) is 4.90 Å². The number of piperidine rings is 1. The lowest BCUT2D eigenvalue weighted by Gasteiger charge is -2.57. The van der Waals surface area contributed by atoms with Crippen molar-refractivity contribution in [3.63, 3.8) is 0 Å². The van der Waals surface area contributed by atoms with Gasteiger partial charge in [0, 0.05) is 11.5 Å². The number of hydrogen-bond donors (Lipinski definition) is 0. The van der Waals surface area contributed by atoms with Gasteiger partial charge in [-0.3, -0.25) is 4.90 Å². The molecule has 9 heteroatoms. The highest BCUT2D eigenvalue weighted by molar-refractivity contribution is 7.88. The molecule has 30 heavy (non-hydrogen) atoms. The molecule has 1 aliphatic carbocycles. The third kappa shape index (κ3) is 3.62. The van der Waals surface area contributed by atoms with E-state index in [2.05, 4.69) is 16.0 Å². The maximum atomic E-state index is 12.8. The molecule has 4 rings (SSSR count). The number of benzene rings is 1. The van der Waals surface area contributed by atoms with Crippen molar-refractivity contribution in [3.05, 3.63) is 29.3 Å². The van der Waals surface area contributed by atoms with Gasteiger partial charge in [0.25, 0.3) is 0 Å². The number of nitrogens with zero attached hydrogens (tertiary/aromatic N) is 1. The van der Waals surface area contributed by atoms with Crippen molar-refractivity contribution >= 4 is 10.1 Å². The molecular weight excluding hydrogens is 419 g/mol. The van der Waals surface area contributed by atoms with Gasteiger partial charge in [-0.05, 0) is 68.8 Å². The van der Waals surface area contributed by atoms with Crippen molar-refractivity contribution < 1.29 is 30.5 Å². The van der Waals surface area contributed by atoms with Gasteiger partial charge in [0.2, 0.25) is 0 Å². The number of aryl methyl sites for hydroxylation is 1. The predicted octanol–water partition coefficient (Wildman–Crippen LogP) is 4.14. The van der Waals surface area contributed by atoms with Crippen LogP contribution < -0.4 is 4.18 Å². The zero-order valence-corrected chi connectivity index (χ0v) is 18.1. The lowest BCUT2D eigenvalue weighted by Crippen LogP contribution is -2.62. The average molecular weight is 448 g/mol. The van der Waals surface area contributed by atoms with Crippen LogP contribution in [0, 0.1) is 12.8 Å². The first-order valence-electron chi connectivity index (χ1n) is 10.5. The van der Waals surface area contributed by atoms with Gasteiger partial charge in [-0.15, -0.1) is 0 Å². The Kier molecular flexibility index (Phi) is 5.60. The smallest absolute Gasteiger partial charge is 0.378 e. The molecule has 3 atom stereocenters. The van der Waals surface area contributed by atoms with E-state index in [0.717, 1.165) is 63.0 Å². The summed E-state index contributed by atoms with van der Waals surface area (Å²) >= 11 is 0. The molecule has 0 radical (unpaired) electrons. The van der Waals surface area contributed by atoms with Crippen LogP contribution in [0.25, 0.3) is 0 Å². The number of rotatable bonds is 4. The van der Waals surface area contributed by atoms with E-state index in [1.807, 2.05) is 6.92 Å². The maximum absolute atomic E-state index is 12.8. The monoisotopic (exact) mass is 447 g/mol. The molecule has 2 saturated heterocycles. The normalized spacial score (nSPS) is 31.1. The molecule has 1 aromatic rings. The van der Waals surface area contributed by atoms with Gasteiger partial charge in [0.15, 0.2) is 0 Å². The number of alkyl halides is 3. The van der Waals surface area contributed by atoms with Crippen LogP contribution in [0.5, 0.6) is 5.75 Å². The summed E-state index contributed by atoms with van der Waals surface area (Å²) in [6.45, 7) is 6.58. The number of hydrogen-bond acceptors (Lipinski definition) is 5. The summed E-state index contributed by atoms with van der Waals surface area (Å²) in [5.74, 6) is 0.0860. The quantitative estimate of drug-likeness (QED) is 0.513. The van der Waals surface area contributed by atoms with E-state index in [0.29, 0.717) is 18.0 Å². The second-order valence-electron chi connectivity index (χ2n) is 8.89. The number of ether oxygens (including phenoxy) is 1. The molecule has 0 spiro atoms. The zero-order valence-electron chi connectivity index (χ0n) is 17.2. The van der Waals surface area contributed by atoms with Crippen molar-refractivity contribution in [2.75, 3.05) is 19.8 Å². The molecule has 0 aromatic heterocycles. The van der Waals surface area contributed by atoms with Crippen LogP contribution in [0.3, 0.4) is 0 Å². The molecule has 5 nitrogen and oxygen atoms in total. The predicted molar refractivity (Wildman–Crippen MR) is 106 cm³/mol. The lowest BCUT2D eigenvalue weighted by molar-refractivity contribution is -0.113. The van der Waals surface area contributed by atoms with Crippen LogP contribution in [-0.4, -0.2) is 50.7 Å². The van der Waals surface area contributed by atoms with E-state index in [9.17, 15) is 21.6 Å². The minimum Gasteiger partial charge on any atom is -0.378 e. The fourth-order valence-corrected chi connectivity index (χ4v) is 6.26. The molecule has 0 bridgehead atoms. The minimum absolute atomic E-state index is 0.176. The Morgan fingerprint density at radius 1 is 1.20 bits per heavy atom. The Labute approximate surface area is 175 Å². The summed E-state index contributed by atoms with van der Waals surface area (Å²) in [4.78, 5) is 2.52. The van der Waals surface area contributed by atoms with Crippen LogP contribution in [0.1, 0.15) is 50.2 Å². The fourth-order valence-electron chi connectivity index (χ4n) is 5.81. The zero-order chi connectivity index (χ0) is 21.7. The second-order valence-corrected chi connectivity index (χ2v) is 10.4. The van der Waals surface area contributed by atoms with Crippen LogP contribution in [-0.2, 0) is 20.3 Å². The highest BCUT2D eigenvalue weighted by Gasteiger charge is 2.52. The van der Waals surface area contributed by atoms with Crippen molar-refractivity contribution in [2.24, 2.45) is 5.92 Å². The standard InChI is InChI=1S/C21H28F3NO4S/c1-14-6-7-17(29-30(26,27)21(22,23)24)11-19(14)20-8-4-3-5-18(20)15(2)25(10-9-20)16-12-28-13-16/h6-7,11,15-16,18H,3-5,8-10,12-13H2,1-2H3. The summed E-state index contributed by atoms with van der Waals surface area (Å²) in [6, 6.07) is 5.28. The van der Waals surface area contributed by atoms with Crippen LogP contribution in [0.15, 0.2) is 18.2 Å². The summed E-state index contributed by atoms with van der Waals surface area (Å²) in [7, 11) is -5.69. The third-order valence-electron chi connectivity index (χ3n) is 7.34. The number of halogens is 3. The Balaban J connectivity index is 1.69. The van der Waals surface area contributed by atoms with E-state index in [1.54, 1.807) is 6.07 Å². The second kappa shape index (κ2) is 7.67. The topological polar surface area (TPSA) is 55.8 Å². The lowest BCUT2D eigenvalue weighted by atomic mass is 9.56. The van der Waals surface area contributed by atoms with Gasteiger partial charge < -0.3 is 8.92 Å². The average Bonchev–Trinajstić information content (AvgIpc) is 2.63.